The number of hydrogen-bond acceptors (Lipinski definition) is 7. The van der Waals surface area contributed by atoms with Gasteiger partial charge in [-0.25, -0.2) is 0 Å². The number of phenols is 2. The van der Waals surface area contributed by atoms with Gasteiger partial charge in [-0.1, -0.05) is 12.1 Å². The van der Waals surface area contributed by atoms with E-state index >= 15 is 0 Å². The number of ether oxygens (including phenoxy) is 4. The van der Waals surface area contributed by atoms with Crippen molar-refractivity contribution in [2.75, 3.05) is 27.4 Å². The van der Waals surface area contributed by atoms with E-state index in [0.29, 0.717) is 23.7 Å². The Bertz CT molecular complexity index is 852. The van der Waals surface area contributed by atoms with E-state index < -0.39 is 11.7 Å². The van der Waals surface area contributed by atoms with Crippen LogP contribution >= 0.6 is 0 Å². The molecule has 2 aromatic carbocycles. The van der Waals surface area contributed by atoms with Crippen molar-refractivity contribution in [3.63, 3.8) is 0 Å². The fourth-order valence-corrected chi connectivity index (χ4v) is 4.00. The predicted molar refractivity (Wildman–Crippen MR) is 95.1 cm³/mol. The third-order valence-corrected chi connectivity index (χ3v) is 5.44. The van der Waals surface area contributed by atoms with Gasteiger partial charge >= 0.3 is 0 Å². The predicted octanol–water partition coefficient (Wildman–Crippen LogP) is 2.31. The molecule has 3 N–H and O–H groups in total. The third kappa shape index (κ3) is 2.79. The van der Waals surface area contributed by atoms with Gasteiger partial charge in [-0.05, 0) is 35.4 Å². The molecule has 2 aliphatic rings. The molecule has 0 radical (unpaired) electrons. The SMILES string of the molecule is COc1cc([C@H]2OC[C@@H]3[C@H](c4ccc(O)c(OC)c4)OC[C@@]23O)ccc1O. The van der Waals surface area contributed by atoms with E-state index in [1.807, 2.05) is 0 Å². The second-order valence-corrected chi connectivity index (χ2v) is 6.91. The first-order chi connectivity index (χ1) is 13.0. The molecule has 2 heterocycles. The minimum atomic E-state index is -1.21. The van der Waals surface area contributed by atoms with Crippen LogP contribution in [0.3, 0.4) is 0 Å². The van der Waals surface area contributed by atoms with Crippen LogP contribution in [0.1, 0.15) is 23.3 Å². The van der Waals surface area contributed by atoms with Crippen LogP contribution in [-0.4, -0.2) is 48.4 Å². The molecular weight excluding hydrogens is 352 g/mol. The molecule has 0 aliphatic carbocycles. The molecular formula is C20H22O7. The van der Waals surface area contributed by atoms with Crippen LogP contribution in [0.15, 0.2) is 36.4 Å². The Morgan fingerprint density at radius 2 is 1.52 bits per heavy atom. The van der Waals surface area contributed by atoms with Gasteiger partial charge in [0, 0.05) is 5.92 Å². The number of methoxy groups -OCH3 is 2. The molecule has 0 bridgehead atoms. The molecule has 2 aliphatic heterocycles. The first-order valence-corrected chi connectivity index (χ1v) is 8.67. The van der Waals surface area contributed by atoms with Crippen LogP contribution in [0.2, 0.25) is 0 Å². The molecule has 7 nitrogen and oxygen atoms in total. The summed E-state index contributed by atoms with van der Waals surface area (Å²) in [6.07, 6.45) is -0.977. The van der Waals surface area contributed by atoms with Crippen LogP contribution < -0.4 is 9.47 Å². The summed E-state index contributed by atoms with van der Waals surface area (Å²) in [5.41, 5.74) is 0.304. The number of aliphatic hydroxyl groups is 1. The first kappa shape index (κ1) is 17.9. The molecule has 0 saturated carbocycles. The summed E-state index contributed by atoms with van der Waals surface area (Å²) in [7, 11) is 2.95. The van der Waals surface area contributed by atoms with E-state index in [-0.39, 0.29) is 30.1 Å². The van der Waals surface area contributed by atoms with Gasteiger partial charge in [-0.15, -0.1) is 0 Å². The number of phenolic OH excluding ortho intramolecular Hbond substituents is 2. The maximum absolute atomic E-state index is 11.4. The van der Waals surface area contributed by atoms with E-state index in [9.17, 15) is 15.3 Å². The van der Waals surface area contributed by atoms with Crippen LogP contribution in [0, 0.1) is 5.92 Å². The molecule has 2 fully saturated rings. The summed E-state index contributed by atoms with van der Waals surface area (Å²) in [5, 5.41) is 31.0. The monoisotopic (exact) mass is 374 g/mol. The van der Waals surface area contributed by atoms with Gasteiger partial charge in [-0.2, -0.15) is 0 Å². The summed E-state index contributed by atoms with van der Waals surface area (Å²) in [6, 6.07) is 9.91. The second kappa shape index (κ2) is 6.60. The Balaban J connectivity index is 1.64. The van der Waals surface area contributed by atoms with E-state index in [1.165, 1.54) is 20.3 Å². The maximum atomic E-state index is 11.4. The van der Waals surface area contributed by atoms with Crippen molar-refractivity contribution in [1.82, 2.24) is 0 Å². The molecule has 0 spiro atoms. The lowest BCUT2D eigenvalue weighted by molar-refractivity contribution is -0.0628. The lowest BCUT2D eigenvalue weighted by atomic mass is 9.81. The minimum absolute atomic E-state index is 0.0273. The second-order valence-electron chi connectivity index (χ2n) is 6.91. The number of rotatable bonds is 4. The van der Waals surface area contributed by atoms with Crippen molar-refractivity contribution in [2.45, 2.75) is 17.8 Å². The molecule has 0 aromatic heterocycles. The van der Waals surface area contributed by atoms with Gasteiger partial charge < -0.3 is 34.3 Å². The Morgan fingerprint density at radius 1 is 0.926 bits per heavy atom. The van der Waals surface area contributed by atoms with Gasteiger partial charge in [0.1, 0.15) is 11.7 Å². The quantitative estimate of drug-likeness (QED) is 0.755. The lowest BCUT2D eigenvalue weighted by Gasteiger charge is -2.27. The highest BCUT2D eigenvalue weighted by Gasteiger charge is 2.59. The smallest absolute Gasteiger partial charge is 0.160 e. The zero-order valence-electron chi connectivity index (χ0n) is 15.1. The first-order valence-electron chi connectivity index (χ1n) is 8.67. The van der Waals surface area contributed by atoms with Gasteiger partial charge in [0.15, 0.2) is 23.0 Å². The molecule has 2 aromatic rings. The number of aromatic hydroxyl groups is 2. The Labute approximate surface area is 156 Å². The van der Waals surface area contributed by atoms with E-state index in [1.54, 1.807) is 30.3 Å². The molecule has 27 heavy (non-hydrogen) atoms. The standard InChI is InChI=1S/C20H22O7/c1-24-16-7-11(3-5-14(16)21)18-13-9-26-19(20(13,23)10-27-18)12-4-6-15(22)17(8-12)25-2/h3-8,13,18-19,21-23H,9-10H2,1-2H3/t13-,18+,19-,20+/m1/s1. The number of fused-ring (bicyclic) bond motifs is 1. The highest BCUT2D eigenvalue weighted by molar-refractivity contribution is 5.45. The van der Waals surface area contributed by atoms with Crippen molar-refractivity contribution >= 4 is 0 Å². The summed E-state index contributed by atoms with van der Waals surface area (Å²) in [5.74, 6) is 0.467. The summed E-state index contributed by atoms with van der Waals surface area (Å²) in [6.45, 7) is 0.428. The Hall–Kier alpha value is -2.48. The maximum Gasteiger partial charge on any atom is 0.160 e. The Morgan fingerprint density at radius 3 is 2.15 bits per heavy atom. The minimum Gasteiger partial charge on any atom is -0.504 e. The van der Waals surface area contributed by atoms with Crippen molar-refractivity contribution in [2.24, 2.45) is 5.92 Å². The number of benzene rings is 2. The van der Waals surface area contributed by atoms with Crippen LogP contribution in [-0.2, 0) is 9.47 Å². The van der Waals surface area contributed by atoms with Gasteiger partial charge in [0.05, 0.1) is 33.5 Å². The van der Waals surface area contributed by atoms with Crippen molar-refractivity contribution in [1.29, 1.82) is 0 Å². The molecule has 4 atom stereocenters. The zero-order valence-corrected chi connectivity index (χ0v) is 15.1. The Kier molecular flexibility index (Phi) is 4.38. The highest BCUT2D eigenvalue weighted by Crippen LogP contribution is 2.54. The number of hydrogen-bond donors (Lipinski definition) is 3. The average molecular weight is 374 g/mol. The van der Waals surface area contributed by atoms with Crippen molar-refractivity contribution in [3.8, 4) is 23.0 Å². The zero-order chi connectivity index (χ0) is 19.2. The van der Waals surface area contributed by atoms with Gasteiger partial charge in [0.25, 0.3) is 0 Å². The summed E-state index contributed by atoms with van der Waals surface area (Å²) >= 11 is 0. The molecule has 144 valence electrons. The van der Waals surface area contributed by atoms with Crippen LogP contribution in [0.5, 0.6) is 23.0 Å². The molecule has 4 rings (SSSR count). The largest absolute Gasteiger partial charge is 0.504 e. The molecule has 2 saturated heterocycles. The van der Waals surface area contributed by atoms with Gasteiger partial charge in [-0.3, -0.25) is 0 Å². The van der Waals surface area contributed by atoms with Crippen LogP contribution in [0.25, 0.3) is 0 Å². The fourth-order valence-electron chi connectivity index (χ4n) is 4.00. The summed E-state index contributed by atoms with van der Waals surface area (Å²) in [4.78, 5) is 0. The highest BCUT2D eigenvalue weighted by atomic mass is 16.6. The van der Waals surface area contributed by atoms with E-state index in [4.69, 9.17) is 18.9 Å². The van der Waals surface area contributed by atoms with Gasteiger partial charge in [0.2, 0.25) is 0 Å². The summed E-state index contributed by atoms with van der Waals surface area (Å²) < 4.78 is 22.2. The topological polar surface area (TPSA) is 97.6 Å². The lowest BCUT2D eigenvalue weighted by Crippen LogP contribution is -2.39. The van der Waals surface area contributed by atoms with E-state index in [0.717, 1.165) is 5.56 Å². The molecule has 0 unspecified atom stereocenters. The third-order valence-electron chi connectivity index (χ3n) is 5.44. The molecule has 0 amide bonds. The van der Waals surface area contributed by atoms with Crippen molar-refractivity contribution < 1.29 is 34.3 Å². The fraction of sp³-hybridized carbons (Fsp3) is 0.400. The van der Waals surface area contributed by atoms with Crippen LogP contribution in [0.4, 0.5) is 0 Å². The average Bonchev–Trinajstić information content (AvgIpc) is 3.17. The van der Waals surface area contributed by atoms with Crippen molar-refractivity contribution in [3.05, 3.63) is 47.5 Å². The molecule has 7 heteroatoms. The van der Waals surface area contributed by atoms with E-state index in [2.05, 4.69) is 0 Å². The normalized spacial score (nSPS) is 29.5.